The third kappa shape index (κ3) is 2.78. The maximum Gasteiger partial charge on any atom is 0.204 e. The van der Waals surface area contributed by atoms with Crippen LogP contribution in [0, 0.1) is 0 Å². The van der Waals surface area contributed by atoms with Gasteiger partial charge in [0.2, 0.25) is 5.43 Å². The monoisotopic (exact) mass is 178 g/mol. The highest BCUT2D eigenvalue weighted by molar-refractivity contribution is 5.33. The number of aromatic nitrogens is 1. The second-order valence-electron chi connectivity index (χ2n) is 2.93. The minimum Gasteiger partial charge on any atom is -0.394 e. The molecule has 70 valence electrons. The molecule has 0 bridgehead atoms. The summed E-state index contributed by atoms with van der Waals surface area (Å²) in [6.45, 7) is 4.51. The number of allylic oxidation sites excluding steroid dienone is 1. The number of anilines is 1. The molecule has 3 heteroatoms. The van der Waals surface area contributed by atoms with Crippen LogP contribution in [0.5, 0.6) is 0 Å². The van der Waals surface area contributed by atoms with E-state index < -0.39 is 0 Å². The average Bonchev–Trinajstić information content (AvgIpc) is 2.12. The van der Waals surface area contributed by atoms with E-state index in [0.717, 1.165) is 19.4 Å². The van der Waals surface area contributed by atoms with Crippen LogP contribution in [0.3, 0.4) is 0 Å². The first-order valence-electron chi connectivity index (χ1n) is 4.30. The van der Waals surface area contributed by atoms with Crippen molar-refractivity contribution in [2.45, 2.75) is 19.4 Å². The summed E-state index contributed by atoms with van der Waals surface area (Å²) in [5.41, 5.74) is 5.67. The van der Waals surface area contributed by atoms with E-state index in [1.54, 1.807) is 12.4 Å². The SMILES string of the molecule is C=CCCCn1ccc(=O)c(N)c1. The predicted molar refractivity (Wildman–Crippen MR) is 54.5 cm³/mol. The van der Waals surface area contributed by atoms with Crippen molar-refractivity contribution in [3.63, 3.8) is 0 Å². The van der Waals surface area contributed by atoms with Crippen LogP contribution >= 0.6 is 0 Å². The number of pyridine rings is 1. The smallest absolute Gasteiger partial charge is 0.204 e. The van der Waals surface area contributed by atoms with Gasteiger partial charge in [0, 0.05) is 25.0 Å². The summed E-state index contributed by atoms with van der Waals surface area (Å²) in [4.78, 5) is 10.9. The van der Waals surface area contributed by atoms with Gasteiger partial charge in [-0.25, -0.2) is 0 Å². The lowest BCUT2D eigenvalue weighted by Gasteiger charge is -2.04. The molecular formula is C10H14N2O. The Labute approximate surface area is 77.5 Å². The first-order valence-corrected chi connectivity index (χ1v) is 4.30. The third-order valence-electron chi connectivity index (χ3n) is 1.83. The normalized spacial score (nSPS) is 9.85. The minimum atomic E-state index is -0.111. The highest BCUT2D eigenvalue weighted by Crippen LogP contribution is 1.98. The molecule has 0 amide bonds. The van der Waals surface area contributed by atoms with Crippen LogP contribution in [0.25, 0.3) is 0 Å². The third-order valence-corrected chi connectivity index (χ3v) is 1.83. The Bertz CT molecular complexity index is 341. The van der Waals surface area contributed by atoms with Crippen molar-refractivity contribution < 1.29 is 0 Å². The van der Waals surface area contributed by atoms with Crippen molar-refractivity contribution >= 4 is 5.69 Å². The minimum absolute atomic E-state index is 0.111. The zero-order chi connectivity index (χ0) is 9.68. The maximum absolute atomic E-state index is 10.9. The van der Waals surface area contributed by atoms with Gasteiger partial charge in [-0.3, -0.25) is 4.79 Å². The standard InChI is InChI=1S/C10H14N2O/c1-2-3-4-6-12-7-5-10(13)9(11)8-12/h2,5,7-8H,1,3-4,6,11H2. The lowest BCUT2D eigenvalue weighted by Crippen LogP contribution is -2.10. The zero-order valence-electron chi connectivity index (χ0n) is 7.57. The first kappa shape index (κ1) is 9.58. The van der Waals surface area contributed by atoms with Gasteiger partial charge >= 0.3 is 0 Å². The molecule has 0 fully saturated rings. The van der Waals surface area contributed by atoms with Crippen molar-refractivity contribution in [3.8, 4) is 0 Å². The van der Waals surface area contributed by atoms with Crippen LogP contribution in [-0.2, 0) is 6.54 Å². The van der Waals surface area contributed by atoms with Crippen LogP contribution in [0.1, 0.15) is 12.8 Å². The molecule has 13 heavy (non-hydrogen) atoms. The zero-order valence-corrected chi connectivity index (χ0v) is 7.57. The van der Waals surface area contributed by atoms with Gasteiger partial charge in [0.05, 0.1) is 5.69 Å². The molecule has 0 atom stereocenters. The van der Waals surface area contributed by atoms with Crippen molar-refractivity contribution in [1.29, 1.82) is 0 Å². The number of nitrogen functional groups attached to an aromatic ring is 1. The number of nitrogens with zero attached hydrogens (tertiary/aromatic N) is 1. The van der Waals surface area contributed by atoms with Crippen LogP contribution in [0.15, 0.2) is 35.9 Å². The van der Waals surface area contributed by atoms with Gasteiger partial charge in [-0.05, 0) is 12.8 Å². The Hall–Kier alpha value is -1.51. The largest absolute Gasteiger partial charge is 0.394 e. The summed E-state index contributed by atoms with van der Waals surface area (Å²) in [7, 11) is 0. The summed E-state index contributed by atoms with van der Waals surface area (Å²) < 4.78 is 1.92. The molecule has 1 aromatic rings. The van der Waals surface area contributed by atoms with Gasteiger partial charge in [-0.1, -0.05) is 6.08 Å². The molecule has 0 spiro atoms. The van der Waals surface area contributed by atoms with Gasteiger partial charge in [0.25, 0.3) is 0 Å². The number of unbranched alkanes of at least 4 members (excludes halogenated alkanes) is 1. The van der Waals surface area contributed by atoms with E-state index in [9.17, 15) is 4.79 Å². The number of nitrogens with two attached hydrogens (primary N) is 1. The molecule has 0 unspecified atom stereocenters. The fourth-order valence-corrected chi connectivity index (χ4v) is 1.10. The Morgan fingerprint density at radius 3 is 3.00 bits per heavy atom. The molecular weight excluding hydrogens is 164 g/mol. The van der Waals surface area contributed by atoms with Gasteiger partial charge in [-0.15, -0.1) is 6.58 Å². The van der Waals surface area contributed by atoms with Crippen molar-refractivity contribution in [2.75, 3.05) is 5.73 Å². The fourth-order valence-electron chi connectivity index (χ4n) is 1.10. The van der Waals surface area contributed by atoms with E-state index in [4.69, 9.17) is 5.73 Å². The molecule has 0 aliphatic rings. The molecule has 0 aliphatic heterocycles. The summed E-state index contributed by atoms with van der Waals surface area (Å²) >= 11 is 0. The quantitative estimate of drug-likeness (QED) is 0.559. The van der Waals surface area contributed by atoms with E-state index in [2.05, 4.69) is 6.58 Å². The van der Waals surface area contributed by atoms with Crippen LogP contribution in [-0.4, -0.2) is 4.57 Å². The van der Waals surface area contributed by atoms with Gasteiger partial charge < -0.3 is 10.3 Å². The summed E-state index contributed by atoms with van der Waals surface area (Å²) in [5.74, 6) is 0. The Kier molecular flexibility index (Phi) is 3.31. The number of hydrogen-bond acceptors (Lipinski definition) is 2. The molecule has 1 heterocycles. The molecule has 0 radical (unpaired) electrons. The van der Waals surface area contributed by atoms with E-state index >= 15 is 0 Å². The first-order chi connectivity index (χ1) is 6.24. The van der Waals surface area contributed by atoms with E-state index in [1.807, 2.05) is 10.6 Å². The van der Waals surface area contributed by atoms with Crippen LogP contribution in [0.2, 0.25) is 0 Å². The van der Waals surface area contributed by atoms with E-state index in [0.29, 0.717) is 5.69 Å². The summed E-state index contributed by atoms with van der Waals surface area (Å²) in [5, 5.41) is 0. The second kappa shape index (κ2) is 4.50. The Balaban J connectivity index is 2.63. The lowest BCUT2D eigenvalue weighted by molar-refractivity contribution is 0.647. The van der Waals surface area contributed by atoms with Crippen molar-refractivity contribution in [2.24, 2.45) is 0 Å². The fraction of sp³-hybridized carbons (Fsp3) is 0.300. The number of hydrogen-bond donors (Lipinski definition) is 1. The highest BCUT2D eigenvalue weighted by atomic mass is 16.1. The molecule has 2 N–H and O–H groups in total. The number of aryl methyl sites for hydroxylation is 1. The molecule has 1 rings (SSSR count). The average molecular weight is 178 g/mol. The molecule has 0 aromatic carbocycles. The molecule has 0 saturated heterocycles. The molecule has 1 aromatic heterocycles. The summed E-state index contributed by atoms with van der Waals surface area (Å²) in [6, 6.07) is 1.49. The Morgan fingerprint density at radius 2 is 2.38 bits per heavy atom. The molecule has 0 aliphatic carbocycles. The predicted octanol–water partition coefficient (Wildman–Crippen LogP) is 1.40. The van der Waals surface area contributed by atoms with Gasteiger partial charge in [0.15, 0.2) is 0 Å². The summed E-state index contributed by atoms with van der Waals surface area (Å²) in [6.07, 6.45) is 7.30. The molecule has 0 saturated carbocycles. The van der Waals surface area contributed by atoms with E-state index in [-0.39, 0.29) is 5.43 Å². The highest BCUT2D eigenvalue weighted by Gasteiger charge is 1.93. The lowest BCUT2D eigenvalue weighted by atomic mass is 10.3. The van der Waals surface area contributed by atoms with E-state index in [1.165, 1.54) is 6.07 Å². The van der Waals surface area contributed by atoms with Gasteiger partial charge in [-0.2, -0.15) is 0 Å². The maximum atomic E-state index is 10.9. The van der Waals surface area contributed by atoms with Crippen LogP contribution in [0.4, 0.5) is 5.69 Å². The van der Waals surface area contributed by atoms with Crippen molar-refractivity contribution in [1.82, 2.24) is 4.57 Å². The molecule has 3 nitrogen and oxygen atoms in total. The van der Waals surface area contributed by atoms with Crippen LogP contribution < -0.4 is 11.2 Å². The van der Waals surface area contributed by atoms with Crippen molar-refractivity contribution in [3.05, 3.63) is 41.3 Å². The number of rotatable bonds is 4. The van der Waals surface area contributed by atoms with Gasteiger partial charge in [0.1, 0.15) is 0 Å². The Morgan fingerprint density at radius 1 is 1.62 bits per heavy atom. The topological polar surface area (TPSA) is 48.0 Å². The second-order valence-corrected chi connectivity index (χ2v) is 2.93.